The molecule has 1 aliphatic heterocycles. The molecule has 1 fully saturated rings. The maximum atomic E-state index is 12.9. The normalized spacial score (nSPS) is 18.4. The van der Waals surface area contributed by atoms with Crippen molar-refractivity contribution in [3.8, 4) is 0 Å². The second kappa shape index (κ2) is 8.68. The number of piperidine rings is 1. The van der Waals surface area contributed by atoms with Crippen LogP contribution < -0.4 is 12.4 Å². The van der Waals surface area contributed by atoms with Gasteiger partial charge in [-0.2, -0.15) is 0 Å². The average molecular weight is 394 g/mol. The molecular formula is C20H17Cl3NO-. The molecule has 0 saturated carbocycles. The van der Waals surface area contributed by atoms with Gasteiger partial charge < -0.3 is 12.4 Å². The molecule has 0 spiro atoms. The van der Waals surface area contributed by atoms with Crippen molar-refractivity contribution < 1.29 is 17.2 Å². The highest BCUT2D eigenvalue weighted by Crippen LogP contribution is 2.25. The number of ketones is 1. The van der Waals surface area contributed by atoms with Crippen molar-refractivity contribution in [1.29, 1.82) is 0 Å². The van der Waals surface area contributed by atoms with Gasteiger partial charge in [0.2, 0.25) is 0 Å². The Bertz CT molecular complexity index is 775. The molecule has 0 atom stereocenters. The smallest absolute Gasteiger partial charge is 0.187 e. The van der Waals surface area contributed by atoms with Crippen LogP contribution in [0.15, 0.2) is 59.7 Å². The quantitative estimate of drug-likeness (QED) is 0.727. The van der Waals surface area contributed by atoms with E-state index in [1.165, 1.54) is 0 Å². The molecule has 0 unspecified atom stereocenters. The van der Waals surface area contributed by atoms with Gasteiger partial charge in [0.15, 0.2) is 5.78 Å². The highest BCUT2D eigenvalue weighted by molar-refractivity contribution is 6.33. The summed E-state index contributed by atoms with van der Waals surface area (Å²) in [6, 6.07) is 15.1. The molecule has 1 aliphatic rings. The third kappa shape index (κ3) is 4.74. The molecule has 2 nitrogen and oxygen atoms in total. The number of benzene rings is 2. The molecule has 0 amide bonds. The van der Waals surface area contributed by atoms with Gasteiger partial charge in [0.25, 0.3) is 0 Å². The third-order valence-corrected chi connectivity index (χ3v) is 4.62. The molecule has 2 aromatic carbocycles. The highest BCUT2D eigenvalue weighted by Gasteiger charge is 2.24. The number of likely N-dealkylation sites (N-methyl/N-ethyl adjacent to an activating group) is 1. The van der Waals surface area contributed by atoms with Crippen molar-refractivity contribution in [2.24, 2.45) is 0 Å². The molecule has 0 radical (unpaired) electrons. The SMILES string of the molecule is CN1C/C(=C\c2ccccc2Cl)C(=O)/C(=C/c2ccccc2Cl)C1.[Cl-]. The summed E-state index contributed by atoms with van der Waals surface area (Å²) < 4.78 is 0. The van der Waals surface area contributed by atoms with Crippen LogP contribution in [0.4, 0.5) is 0 Å². The standard InChI is InChI=1S/C20H17Cl2NO.ClH/c1-23-12-16(10-14-6-2-4-8-18(14)21)20(24)17(13-23)11-15-7-3-5-9-19(15)22;/h2-11H,12-13H2,1H3;1H/p-1/b16-10+,17-11+;. The molecule has 0 bridgehead atoms. The van der Waals surface area contributed by atoms with Crippen LogP contribution in [0, 0.1) is 0 Å². The van der Waals surface area contributed by atoms with E-state index in [2.05, 4.69) is 4.90 Å². The molecule has 5 heteroatoms. The first-order valence-corrected chi connectivity index (χ1v) is 8.43. The van der Waals surface area contributed by atoms with Gasteiger partial charge in [-0.3, -0.25) is 9.69 Å². The van der Waals surface area contributed by atoms with E-state index in [4.69, 9.17) is 23.2 Å². The maximum Gasteiger partial charge on any atom is 0.187 e. The van der Waals surface area contributed by atoms with E-state index in [-0.39, 0.29) is 18.2 Å². The van der Waals surface area contributed by atoms with Crippen LogP contribution in [-0.4, -0.2) is 30.8 Å². The minimum Gasteiger partial charge on any atom is -1.00 e. The van der Waals surface area contributed by atoms with Gasteiger partial charge in [-0.15, -0.1) is 0 Å². The molecule has 130 valence electrons. The van der Waals surface area contributed by atoms with Crippen molar-refractivity contribution >= 4 is 41.1 Å². The number of rotatable bonds is 2. The fraction of sp³-hybridized carbons (Fsp3) is 0.150. The lowest BCUT2D eigenvalue weighted by molar-refractivity contribution is -0.113. The predicted octanol–water partition coefficient (Wildman–Crippen LogP) is 1.98. The monoisotopic (exact) mass is 392 g/mol. The van der Waals surface area contributed by atoms with Gasteiger partial charge in [-0.05, 0) is 42.5 Å². The average Bonchev–Trinajstić information content (AvgIpc) is 2.56. The van der Waals surface area contributed by atoms with Crippen LogP contribution >= 0.6 is 23.2 Å². The number of hydrogen-bond donors (Lipinski definition) is 0. The lowest BCUT2D eigenvalue weighted by atomic mass is 9.94. The lowest BCUT2D eigenvalue weighted by Gasteiger charge is -2.26. The molecule has 1 heterocycles. The van der Waals surface area contributed by atoms with E-state index in [9.17, 15) is 4.79 Å². The summed E-state index contributed by atoms with van der Waals surface area (Å²) >= 11 is 12.4. The highest BCUT2D eigenvalue weighted by atomic mass is 35.5. The summed E-state index contributed by atoms with van der Waals surface area (Å²) in [7, 11) is 1.99. The summed E-state index contributed by atoms with van der Waals surface area (Å²) in [6.45, 7) is 1.20. The molecule has 0 aromatic heterocycles. The van der Waals surface area contributed by atoms with Crippen molar-refractivity contribution in [3.05, 3.63) is 80.8 Å². The number of carbonyl (C=O) groups excluding carboxylic acids is 1. The number of likely N-dealkylation sites (tertiary alicyclic amines) is 1. The molecule has 0 aliphatic carbocycles. The fourth-order valence-corrected chi connectivity index (χ4v) is 3.15. The van der Waals surface area contributed by atoms with Crippen LogP contribution in [0.25, 0.3) is 12.2 Å². The van der Waals surface area contributed by atoms with Gasteiger partial charge in [0.05, 0.1) is 0 Å². The molecule has 0 N–H and O–H groups in total. The first kappa shape index (κ1) is 19.7. The van der Waals surface area contributed by atoms with Crippen LogP contribution in [0.3, 0.4) is 0 Å². The minimum atomic E-state index is 0. The van der Waals surface area contributed by atoms with Crippen LogP contribution in [-0.2, 0) is 4.79 Å². The Kier molecular flexibility index (Phi) is 6.86. The molecule has 3 rings (SSSR count). The van der Waals surface area contributed by atoms with E-state index in [1.807, 2.05) is 67.7 Å². The van der Waals surface area contributed by atoms with Gasteiger partial charge in [-0.25, -0.2) is 0 Å². The first-order valence-electron chi connectivity index (χ1n) is 7.68. The van der Waals surface area contributed by atoms with Crippen LogP contribution in [0.1, 0.15) is 11.1 Å². The van der Waals surface area contributed by atoms with Gasteiger partial charge in [0, 0.05) is 34.3 Å². The second-order valence-electron chi connectivity index (χ2n) is 5.88. The summed E-state index contributed by atoms with van der Waals surface area (Å²) in [5.41, 5.74) is 3.18. The lowest BCUT2D eigenvalue weighted by Crippen LogP contribution is -3.00. The van der Waals surface area contributed by atoms with Crippen LogP contribution in [0.5, 0.6) is 0 Å². The van der Waals surface area contributed by atoms with E-state index in [0.29, 0.717) is 23.1 Å². The van der Waals surface area contributed by atoms with E-state index >= 15 is 0 Å². The number of carbonyl (C=O) groups is 1. The Labute approximate surface area is 164 Å². The van der Waals surface area contributed by atoms with Crippen LogP contribution in [0.2, 0.25) is 10.0 Å². The largest absolute Gasteiger partial charge is 1.00 e. The van der Waals surface area contributed by atoms with Gasteiger partial charge >= 0.3 is 0 Å². The zero-order valence-corrected chi connectivity index (χ0v) is 15.9. The van der Waals surface area contributed by atoms with E-state index < -0.39 is 0 Å². The molecule has 1 saturated heterocycles. The Hall–Kier alpha value is -1.58. The Morgan fingerprint density at radius 3 is 1.64 bits per heavy atom. The Morgan fingerprint density at radius 1 is 0.840 bits per heavy atom. The number of hydrogen-bond acceptors (Lipinski definition) is 2. The van der Waals surface area contributed by atoms with Crippen molar-refractivity contribution in [3.63, 3.8) is 0 Å². The molecular weight excluding hydrogens is 377 g/mol. The fourth-order valence-electron chi connectivity index (χ4n) is 2.77. The number of nitrogens with zero attached hydrogens (tertiary/aromatic N) is 1. The van der Waals surface area contributed by atoms with Crippen molar-refractivity contribution in [2.45, 2.75) is 0 Å². The number of halogens is 3. The Morgan fingerprint density at radius 2 is 1.24 bits per heavy atom. The minimum absolute atomic E-state index is 0. The van der Waals surface area contributed by atoms with Crippen molar-refractivity contribution in [1.82, 2.24) is 4.90 Å². The first-order chi connectivity index (χ1) is 11.5. The third-order valence-electron chi connectivity index (χ3n) is 3.93. The zero-order chi connectivity index (χ0) is 17.1. The maximum absolute atomic E-state index is 12.9. The zero-order valence-electron chi connectivity index (χ0n) is 13.7. The predicted molar refractivity (Wildman–Crippen MR) is 101 cm³/mol. The number of Topliss-reactive ketones (excluding diaryl/α,β-unsaturated/α-hetero) is 1. The summed E-state index contributed by atoms with van der Waals surface area (Å²) in [4.78, 5) is 15.0. The second-order valence-corrected chi connectivity index (χ2v) is 6.70. The van der Waals surface area contributed by atoms with Crippen molar-refractivity contribution in [2.75, 3.05) is 20.1 Å². The van der Waals surface area contributed by atoms with Gasteiger partial charge in [0.1, 0.15) is 0 Å². The summed E-state index contributed by atoms with van der Waals surface area (Å²) in [5.74, 6) is 0.0490. The summed E-state index contributed by atoms with van der Waals surface area (Å²) in [5, 5.41) is 1.28. The van der Waals surface area contributed by atoms with Gasteiger partial charge in [-0.1, -0.05) is 59.6 Å². The molecule has 2 aromatic rings. The van der Waals surface area contributed by atoms with E-state index in [1.54, 1.807) is 0 Å². The Balaban J connectivity index is 0.00000225. The summed E-state index contributed by atoms with van der Waals surface area (Å²) in [6.07, 6.45) is 3.75. The van der Waals surface area contributed by atoms with E-state index in [0.717, 1.165) is 22.3 Å². The topological polar surface area (TPSA) is 20.3 Å². The molecule has 25 heavy (non-hydrogen) atoms.